The van der Waals surface area contributed by atoms with Gasteiger partial charge in [-0.05, 0) is 30.7 Å². The van der Waals surface area contributed by atoms with Crippen LogP contribution in [0.3, 0.4) is 0 Å². The second-order valence-electron chi connectivity index (χ2n) is 5.58. The van der Waals surface area contributed by atoms with E-state index in [1.807, 2.05) is 28.8 Å². The van der Waals surface area contributed by atoms with Gasteiger partial charge in [-0.1, -0.05) is 18.2 Å². The fourth-order valence-corrected chi connectivity index (χ4v) is 2.86. The van der Waals surface area contributed by atoms with Crippen LogP contribution in [0.15, 0.2) is 58.3 Å². The lowest BCUT2D eigenvalue weighted by Gasteiger charge is -2.06. The Morgan fingerprint density at radius 1 is 1.00 bits per heavy atom. The summed E-state index contributed by atoms with van der Waals surface area (Å²) in [5, 5.41) is 8.78. The molecule has 4 rings (SSSR count). The molecule has 0 spiro atoms. The first kappa shape index (κ1) is 14.4. The molecule has 0 saturated carbocycles. The van der Waals surface area contributed by atoms with Gasteiger partial charge in [-0.3, -0.25) is 13.8 Å². The van der Waals surface area contributed by atoms with E-state index in [2.05, 4.69) is 15.2 Å². The molecule has 7 nitrogen and oxygen atoms in total. The normalized spacial score (nSPS) is 11.3. The topological polar surface area (TPSA) is 85.0 Å². The Hall–Kier alpha value is -3.22. The van der Waals surface area contributed by atoms with E-state index >= 15 is 0 Å². The summed E-state index contributed by atoms with van der Waals surface area (Å²) in [6, 6.07) is 12.7. The molecule has 4 aromatic rings. The van der Waals surface area contributed by atoms with E-state index < -0.39 is 0 Å². The van der Waals surface area contributed by atoms with E-state index in [0.717, 1.165) is 11.5 Å². The highest BCUT2D eigenvalue weighted by molar-refractivity contribution is 5.76. The van der Waals surface area contributed by atoms with Crippen LogP contribution >= 0.6 is 0 Å². The van der Waals surface area contributed by atoms with Gasteiger partial charge in [0.25, 0.3) is 5.56 Å². The van der Waals surface area contributed by atoms with Gasteiger partial charge in [0.05, 0.1) is 10.9 Å². The van der Waals surface area contributed by atoms with Crippen LogP contribution in [-0.4, -0.2) is 24.1 Å². The minimum atomic E-state index is -0.384. The van der Waals surface area contributed by atoms with E-state index in [4.69, 9.17) is 0 Å². The van der Waals surface area contributed by atoms with Gasteiger partial charge in [0, 0.05) is 19.2 Å². The number of H-pyrrole nitrogens is 1. The molecule has 0 radical (unpaired) electrons. The van der Waals surface area contributed by atoms with Gasteiger partial charge in [-0.2, -0.15) is 0 Å². The molecule has 120 valence electrons. The second kappa shape index (κ2) is 5.77. The largest absolute Gasteiger partial charge is 0.328 e. The van der Waals surface area contributed by atoms with Crippen molar-refractivity contribution in [3.8, 4) is 0 Å². The average Bonchev–Trinajstić information content (AvgIpc) is 3.01. The van der Waals surface area contributed by atoms with Gasteiger partial charge in [-0.25, -0.2) is 4.79 Å². The summed E-state index contributed by atoms with van der Waals surface area (Å²) in [5.41, 5.74) is 0.700. The predicted octanol–water partition coefficient (Wildman–Crippen LogP) is 1.37. The third kappa shape index (κ3) is 2.40. The first-order chi connectivity index (χ1) is 11.7. The Morgan fingerprint density at radius 2 is 1.83 bits per heavy atom. The number of rotatable bonds is 4. The van der Waals surface area contributed by atoms with Gasteiger partial charge in [0.1, 0.15) is 5.82 Å². The van der Waals surface area contributed by atoms with E-state index in [9.17, 15) is 9.59 Å². The SMILES string of the molecule is O=c1[nH]c2ccccc2c(=O)n1CCCc1nnc2ccccn12. The molecule has 7 heteroatoms. The van der Waals surface area contributed by atoms with Crippen LogP contribution in [0.1, 0.15) is 12.2 Å². The minimum Gasteiger partial charge on any atom is -0.307 e. The standard InChI is InChI=1S/C17H15N5O2/c23-16-12-6-1-2-7-13(12)18-17(24)22(16)11-5-9-15-20-19-14-8-3-4-10-21(14)15/h1-4,6-8,10H,5,9,11H2,(H,18,24). The molecule has 0 aliphatic heterocycles. The Bertz CT molecular complexity index is 1140. The Kier molecular flexibility index (Phi) is 3.45. The Balaban J connectivity index is 1.59. The van der Waals surface area contributed by atoms with Crippen LogP contribution in [0.2, 0.25) is 0 Å². The van der Waals surface area contributed by atoms with Crippen LogP contribution in [0.4, 0.5) is 0 Å². The molecule has 1 N–H and O–H groups in total. The number of aromatic nitrogens is 5. The Morgan fingerprint density at radius 3 is 2.75 bits per heavy atom. The van der Waals surface area contributed by atoms with Crippen molar-refractivity contribution in [2.75, 3.05) is 0 Å². The zero-order valence-corrected chi connectivity index (χ0v) is 12.8. The summed E-state index contributed by atoms with van der Waals surface area (Å²) in [4.78, 5) is 27.3. The number of benzene rings is 1. The molecule has 0 atom stereocenters. The van der Waals surface area contributed by atoms with Crippen molar-refractivity contribution in [1.82, 2.24) is 24.1 Å². The molecular formula is C17H15N5O2. The number of hydrogen-bond donors (Lipinski definition) is 1. The first-order valence-electron chi connectivity index (χ1n) is 7.74. The van der Waals surface area contributed by atoms with Gasteiger partial charge in [0.2, 0.25) is 0 Å². The van der Waals surface area contributed by atoms with Crippen LogP contribution in [0.5, 0.6) is 0 Å². The van der Waals surface area contributed by atoms with Gasteiger partial charge >= 0.3 is 5.69 Å². The van der Waals surface area contributed by atoms with Crippen molar-refractivity contribution in [3.63, 3.8) is 0 Å². The van der Waals surface area contributed by atoms with Crippen molar-refractivity contribution >= 4 is 16.6 Å². The highest BCUT2D eigenvalue weighted by atomic mass is 16.2. The van der Waals surface area contributed by atoms with E-state index in [1.165, 1.54) is 4.57 Å². The molecule has 3 aromatic heterocycles. The molecule has 0 fully saturated rings. The lowest BCUT2D eigenvalue weighted by Crippen LogP contribution is -2.35. The van der Waals surface area contributed by atoms with Gasteiger partial charge in [0.15, 0.2) is 5.65 Å². The molecule has 1 aromatic carbocycles. The van der Waals surface area contributed by atoms with Crippen LogP contribution in [-0.2, 0) is 13.0 Å². The van der Waals surface area contributed by atoms with Crippen molar-refractivity contribution in [3.05, 3.63) is 75.3 Å². The zero-order chi connectivity index (χ0) is 16.5. The fourth-order valence-electron chi connectivity index (χ4n) is 2.86. The molecule has 0 aliphatic carbocycles. The predicted molar refractivity (Wildman–Crippen MR) is 90.1 cm³/mol. The summed E-state index contributed by atoms with van der Waals surface area (Å²) in [6.07, 6.45) is 3.15. The number of fused-ring (bicyclic) bond motifs is 2. The van der Waals surface area contributed by atoms with Crippen LogP contribution < -0.4 is 11.2 Å². The lowest BCUT2D eigenvalue weighted by atomic mass is 10.2. The number of hydrogen-bond acceptors (Lipinski definition) is 4. The summed E-state index contributed by atoms with van der Waals surface area (Å²) in [7, 11) is 0. The van der Waals surface area contributed by atoms with E-state index in [-0.39, 0.29) is 11.2 Å². The average molecular weight is 321 g/mol. The molecule has 3 heterocycles. The maximum atomic E-state index is 12.5. The van der Waals surface area contributed by atoms with Gasteiger partial charge < -0.3 is 4.98 Å². The minimum absolute atomic E-state index is 0.263. The Labute approximate surface area is 136 Å². The summed E-state index contributed by atoms with van der Waals surface area (Å²) < 4.78 is 3.15. The van der Waals surface area contributed by atoms with Crippen LogP contribution in [0.25, 0.3) is 16.6 Å². The highest BCUT2D eigenvalue weighted by Crippen LogP contribution is 2.06. The summed E-state index contributed by atoms with van der Waals surface area (Å²) in [6.45, 7) is 0.334. The first-order valence-corrected chi connectivity index (χ1v) is 7.74. The zero-order valence-electron chi connectivity index (χ0n) is 12.8. The third-order valence-corrected chi connectivity index (χ3v) is 4.06. The van der Waals surface area contributed by atoms with Crippen molar-refractivity contribution in [1.29, 1.82) is 0 Å². The van der Waals surface area contributed by atoms with Crippen molar-refractivity contribution < 1.29 is 0 Å². The fraction of sp³-hybridized carbons (Fsp3) is 0.176. The smallest absolute Gasteiger partial charge is 0.307 e. The molecule has 24 heavy (non-hydrogen) atoms. The maximum Gasteiger partial charge on any atom is 0.328 e. The van der Waals surface area contributed by atoms with Gasteiger partial charge in [-0.15, -0.1) is 10.2 Å². The number of nitrogens with one attached hydrogen (secondary N) is 1. The third-order valence-electron chi connectivity index (χ3n) is 4.06. The molecule has 0 aliphatic rings. The summed E-state index contributed by atoms with van der Waals surface area (Å²) >= 11 is 0. The number of aryl methyl sites for hydroxylation is 1. The lowest BCUT2D eigenvalue weighted by molar-refractivity contribution is 0.586. The highest BCUT2D eigenvalue weighted by Gasteiger charge is 2.08. The van der Waals surface area contributed by atoms with Crippen LogP contribution in [0, 0.1) is 0 Å². The monoisotopic (exact) mass is 321 g/mol. The van der Waals surface area contributed by atoms with E-state index in [1.54, 1.807) is 24.3 Å². The maximum absolute atomic E-state index is 12.5. The quantitative estimate of drug-likeness (QED) is 0.615. The number of aromatic amines is 1. The molecular weight excluding hydrogens is 306 g/mol. The number of para-hydroxylation sites is 1. The number of nitrogens with zero attached hydrogens (tertiary/aromatic N) is 4. The van der Waals surface area contributed by atoms with Crippen molar-refractivity contribution in [2.45, 2.75) is 19.4 Å². The second-order valence-corrected chi connectivity index (χ2v) is 5.58. The summed E-state index contributed by atoms with van der Waals surface area (Å²) in [5.74, 6) is 0.816. The number of pyridine rings is 1. The molecule has 0 amide bonds. The molecule has 0 bridgehead atoms. The van der Waals surface area contributed by atoms with E-state index in [0.29, 0.717) is 30.3 Å². The van der Waals surface area contributed by atoms with Crippen molar-refractivity contribution in [2.24, 2.45) is 0 Å². The molecule has 0 unspecified atom stereocenters. The molecule has 0 saturated heterocycles.